The van der Waals surface area contributed by atoms with Crippen LogP contribution in [-0.4, -0.2) is 42.7 Å². The van der Waals surface area contributed by atoms with Crippen LogP contribution in [0.25, 0.3) is 0 Å². The monoisotopic (exact) mass is 289 g/mol. The van der Waals surface area contributed by atoms with Crippen molar-refractivity contribution in [2.45, 2.75) is 45.2 Å². The van der Waals surface area contributed by atoms with Gasteiger partial charge in [-0.15, -0.1) is 0 Å². The first kappa shape index (κ1) is 14.4. The van der Waals surface area contributed by atoms with Crippen LogP contribution in [0.3, 0.4) is 0 Å². The second-order valence-corrected chi connectivity index (χ2v) is 5.74. The summed E-state index contributed by atoms with van der Waals surface area (Å²) in [5, 5.41) is 0. The third-order valence-electron chi connectivity index (χ3n) is 4.47. The highest BCUT2D eigenvalue weighted by Gasteiger charge is 2.40. The van der Waals surface area contributed by atoms with Gasteiger partial charge in [-0.1, -0.05) is 13.0 Å². The SMILES string of the molecule is CCOc1cc(C(=O)N2C3CCC2COC3)ccc1CC. The molecular formula is C17H23NO3. The largest absolute Gasteiger partial charge is 0.494 e. The van der Waals surface area contributed by atoms with Gasteiger partial charge in [-0.3, -0.25) is 4.79 Å². The number of amides is 1. The number of carbonyl (C=O) groups excluding carboxylic acids is 1. The number of fused-ring (bicyclic) bond motifs is 2. The first-order valence-electron chi connectivity index (χ1n) is 7.90. The van der Waals surface area contributed by atoms with Crippen molar-refractivity contribution in [1.82, 2.24) is 4.90 Å². The van der Waals surface area contributed by atoms with Gasteiger partial charge >= 0.3 is 0 Å². The number of carbonyl (C=O) groups is 1. The van der Waals surface area contributed by atoms with Gasteiger partial charge in [0.2, 0.25) is 0 Å². The van der Waals surface area contributed by atoms with Crippen molar-refractivity contribution in [1.29, 1.82) is 0 Å². The van der Waals surface area contributed by atoms with E-state index in [0.717, 1.165) is 36.1 Å². The molecule has 2 saturated heterocycles. The van der Waals surface area contributed by atoms with Crippen LogP contribution >= 0.6 is 0 Å². The normalized spacial score (nSPS) is 24.2. The smallest absolute Gasteiger partial charge is 0.254 e. The van der Waals surface area contributed by atoms with Crippen molar-refractivity contribution in [2.75, 3.05) is 19.8 Å². The van der Waals surface area contributed by atoms with Crippen LogP contribution in [0.2, 0.25) is 0 Å². The summed E-state index contributed by atoms with van der Waals surface area (Å²) in [6.45, 7) is 6.03. The molecule has 2 atom stereocenters. The molecule has 2 aliphatic rings. The van der Waals surface area contributed by atoms with Gasteiger partial charge in [-0.05, 0) is 43.9 Å². The van der Waals surface area contributed by atoms with Gasteiger partial charge in [0, 0.05) is 5.56 Å². The Hall–Kier alpha value is -1.55. The van der Waals surface area contributed by atoms with E-state index in [0.29, 0.717) is 19.8 Å². The zero-order valence-corrected chi connectivity index (χ0v) is 12.8. The fourth-order valence-electron chi connectivity index (χ4n) is 3.38. The molecule has 0 radical (unpaired) electrons. The molecule has 114 valence electrons. The molecule has 2 aliphatic heterocycles. The van der Waals surface area contributed by atoms with E-state index in [1.165, 1.54) is 0 Å². The van der Waals surface area contributed by atoms with E-state index in [1.807, 2.05) is 30.0 Å². The third-order valence-corrected chi connectivity index (χ3v) is 4.47. The van der Waals surface area contributed by atoms with Gasteiger partial charge < -0.3 is 14.4 Å². The predicted molar refractivity (Wildman–Crippen MR) is 80.8 cm³/mol. The molecule has 4 nitrogen and oxygen atoms in total. The Morgan fingerprint density at radius 2 is 2.00 bits per heavy atom. The Labute approximate surface area is 126 Å². The zero-order chi connectivity index (χ0) is 14.8. The van der Waals surface area contributed by atoms with Gasteiger partial charge in [0.05, 0.1) is 31.9 Å². The number of ether oxygens (including phenoxy) is 2. The molecule has 21 heavy (non-hydrogen) atoms. The summed E-state index contributed by atoms with van der Waals surface area (Å²) in [5.74, 6) is 0.959. The number of aryl methyl sites for hydroxylation is 1. The number of rotatable bonds is 4. The summed E-state index contributed by atoms with van der Waals surface area (Å²) in [7, 11) is 0. The van der Waals surface area contributed by atoms with E-state index >= 15 is 0 Å². The topological polar surface area (TPSA) is 38.8 Å². The van der Waals surface area contributed by atoms with E-state index in [4.69, 9.17) is 9.47 Å². The molecule has 0 N–H and O–H groups in total. The molecule has 1 aromatic rings. The van der Waals surface area contributed by atoms with Crippen LogP contribution in [-0.2, 0) is 11.2 Å². The first-order chi connectivity index (χ1) is 10.2. The third kappa shape index (κ3) is 2.64. The summed E-state index contributed by atoms with van der Waals surface area (Å²) in [5.41, 5.74) is 1.88. The van der Waals surface area contributed by atoms with E-state index in [1.54, 1.807) is 0 Å². The number of hydrogen-bond acceptors (Lipinski definition) is 3. The number of nitrogens with zero attached hydrogens (tertiary/aromatic N) is 1. The molecule has 4 heteroatoms. The van der Waals surface area contributed by atoms with Crippen molar-refractivity contribution < 1.29 is 14.3 Å². The van der Waals surface area contributed by atoms with Crippen LogP contribution < -0.4 is 4.74 Å². The highest BCUT2D eigenvalue weighted by molar-refractivity contribution is 5.95. The maximum Gasteiger partial charge on any atom is 0.254 e. The highest BCUT2D eigenvalue weighted by atomic mass is 16.5. The summed E-state index contributed by atoms with van der Waals surface area (Å²) >= 11 is 0. The summed E-state index contributed by atoms with van der Waals surface area (Å²) in [6, 6.07) is 6.34. The van der Waals surface area contributed by atoms with Crippen molar-refractivity contribution in [3.8, 4) is 5.75 Å². The second-order valence-electron chi connectivity index (χ2n) is 5.74. The zero-order valence-electron chi connectivity index (χ0n) is 12.8. The molecule has 0 aliphatic carbocycles. The quantitative estimate of drug-likeness (QED) is 0.855. The molecule has 0 spiro atoms. The van der Waals surface area contributed by atoms with Gasteiger partial charge in [-0.2, -0.15) is 0 Å². The average Bonchev–Trinajstić information content (AvgIpc) is 2.75. The van der Waals surface area contributed by atoms with Gasteiger partial charge in [0.1, 0.15) is 5.75 Å². The first-order valence-corrected chi connectivity index (χ1v) is 7.90. The Morgan fingerprint density at radius 3 is 2.62 bits per heavy atom. The molecule has 2 bridgehead atoms. The van der Waals surface area contributed by atoms with Crippen LogP contribution in [0.5, 0.6) is 5.75 Å². The minimum Gasteiger partial charge on any atom is -0.494 e. The van der Waals surface area contributed by atoms with Crippen LogP contribution in [0.1, 0.15) is 42.6 Å². The van der Waals surface area contributed by atoms with Gasteiger partial charge in [0.15, 0.2) is 0 Å². The predicted octanol–water partition coefficient (Wildman–Crippen LogP) is 2.65. The van der Waals surface area contributed by atoms with Crippen LogP contribution in [0.4, 0.5) is 0 Å². The van der Waals surface area contributed by atoms with Gasteiger partial charge in [0.25, 0.3) is 5.91 Å². The molecule has 0 aromatic heterocycles. The molecule has 2 fully saturated rings. The van der Waals surface area contributed by atoms with Crippen LogP contribution in [0, 0.1) is 0 Å². The average molecular weight is 289 g/mol. The van der Waals surface area contributed by atoms with Crippen molar-refractivity contribution in [3.05, 3.63) is 29.3 Å². The maximum absolute atomic E-state index is 12.8. The lowest BCUT2D eigenvalue weighted by molar-refractivity contribution is -0.00717. The Kier molecular flexibility index (Phi) is 4.15. The second kappa shape index (κ2) is 6.06. The fourth-order valence-corrected chi connectivity index (χ4v) is 3.38. The van der Waals surface area contributed by atoms with Crippen LogP contribution in [0.15, 0.2) is 18.2 Å². The Bertz CT molecular complexity index is 513. The van der Waals surface area contributed by atoms with E-state index < -0.39 is 0 Å². The van der Waals surface area contributed by atoms with Crippen molar-refractivity contribution in [2.24, 2.45) is 0 Å². The van der Waals surface area contributed by atoms with Crippen molar-refractivity contribution in [3.63, 3.8) is 0 Å². The summed E-state index contributed by atoms with van der Waals surface area (Å²) in [6.07, 6.45) is 3.02. The molecule has 3 rings (SSSR count). The minimum atomic E-state index is 0.120. The molecule has 0 saturated carbocycles. The Balaban J connectivity index is 1.86. The lowest BCUT2D eigenvalue weighted by atomic mass is 10.1. The number of benzene rings is 1. The molecule has 2 heterocycles. The minimum absolute atomic E-state index is 0.120. The maximum atomic E-state index is 12.8. The highest BCUT2D eigenvalue weighted by Crippen LogP contribution is 2.31. The van der Waals surface area contributed by atoms with E-state index in [2.05, 4.69) is 6.92 Å². The molecular weight excluding hydrogens is 266 g/mol. The van der Waals surface area contributed by atoms with E-state index in [9.17, 15) is 4.79 Å². The summed E-state index contributed by atoms with van der Waals surface area (Å²) < 4.78 is 11.2. The number of morpholine rings is 1. The fraction of sp³-hybridized carbons (Fsp3) is 0.588. The summed E-state index contributed by atoms with van der Waals surface area (Å²) in [4.78, 5) is 14.9. The number of hydrogen-bond donors (Lipinski definition) is 0. The molecule has 1 aromatic carbocycles. The molecule has 2 unspecified atom stereocenters. The standard InChI is InChI=1S/C17H23NO3/c1-3-12-5-6-13(9-16(12)21-4-2)17(19)18-14-7-8-15(18)11-20-10-14/h5-6,9,14-15H,3-4,7-8,10-11H2,1-2H3. The van der Waals surface area contributed by atoms with E-state index in [-0.39, 0.29) is 18.0 Å². The lowest BCUT2D eigenvalue weighted by Gasteiger charge is -2.34. The van der Waals surface area contributed by atoms with Crippen molar-refractivity contribution >= 4 is 5.91 Å². The lowest BCUT2D eigenvalue weighted by Crippen LogP contribution is -2.49. The molecule has 1 amide bonds. The van der Waals surface area contributed by atoms with Gasteiger partial charge in [-0.25, -0.2) is 0 Å². The Morgan fingerprint density at radius 1 is 1.29 bits per heavy atom.